The summed E-state index contributed by atoms with van der Waals surface area (Å²) in [5, 5.41) is 5.18. The molecule has 5 nitrogen and oxygen atoms in total. The molecule has 0 unspecified atom stereocenters. The highest BCUT2D eigenvalue weighted by atomic mass is 19.4. The first kappa shape index (κ1) is 25.8. The zero-order valence-corrected chi connectivity index (χ0v) is 19.3. The minimum absolute atomic E-state index is 0.0203. The summed E-state index contributed by atoms with van der Waals surface area (Å²) in [6.07, 6.45) is -0.0739. The van der Waals surface area contributed by atoms with E-state index in [1.165, 1.54) is 30.7 Å². The molecule has 0 saturated heterocycles. The Bertz CT molecular complexity index is 1140. The Morgan fingerprint density at radius 1 is 0.771 bits per heavy atom. The number of carbonyl (C=O) groups is 2. The van der Waals surface area contributed by atoms with Crippen molar-refractivity contribution in [1.29, 1.82) is 0 Å². The van der Waals surface area contributed by atoms with Crippen molar-refractivity contribution < 1.29 is 27.5 Å². The van der Waals surface area contributed by atoms with Crippen molar-refractivity contribution in [3.63, 3.8) is 0 Å². The van der Waals surface area contributed by atoms with Gasteiger partial charge in [-0.25, -0.2) is 0 Å². The molecule has 0 radical (unpaired) electrons. The summed E-state index contributed by atoms with van der Waals surface area (Å²) in [5.41, 5.74) is 0.147. The Balaban J connectivity index is 1.59. The molecule has 0 aromatic heterocycles. The van der Waals surface area contributed by atoms with Crippen LogP contribution in [0.25, 0.3) is 0 Å². The first-order valence-electron chi connectivity index (χ1n) is 11.4. The molecule has 8 heteroatoms. The van der Waals surface area contributed by atoms with E-state index in [4.69, 9.17) is 4.74 Å². The lowest BCUT2D eigenvalue weighted by Gasteiger charge is -2.11. The van der Waals surface area contributed by atoms with Crippen LogP contribution in [0, 0.1) is 0 Å². The van der Waals surface area contributed by atoms with Crippen LogP contribution in [0.2, 0.25) is 0 Å². The SMILES string of the molecule is CCCCCCOc1ccc(C(=O)Nc2cccc(C(=O)Nc3cccc(C(F)(F)F)c3)c2)cc1. The van der Waals surface area contributed by atoms with Gasteiger partial charge in [0.2, 0.25) is 0 Å². The Morgan fingerprint density at radius 3 is 2.06 bits per heavy atom. The quantitative estimate of drug-likeness (QED) is 0.300. The predicted octanol–water partition coefficient (Wildman–Crippen LogP) is 7.17. The van der Waals surface area contributed by atoms with Crippen LogP contribution < -0.4 is 15.4 Å². The van der Waals surface area contributed by atoms with Crippen molar-refractivity contribution in [3.05, 3.63) is 89.5 Å². The fourth-order valence-electron chi connectivity index (χ4n) is 3.34. The molecule has 3 aromatic carbocycles. The third-order valence-electron chi connectivity index (χ3n) is 5.21. The van der Waals surface area contributed by atoms with Gasteiger partial charge in [-0.05, 0) is 67.1 Å². The normalized spacial score (nSPS) is 11.1. The third kappa shape index (κ3) is 7.88. The first-order chi connectivity index (χ1) is 16.8. The molecular weight excluding hydrogens is 457 g/mol. The summed E-state index contributed by atoms with van der Waals surface area (Å²) < 4.78 is 44.4. The van der Waals surface area contributed by atoms with E-state index < -0.39 is 17.6 Å². The van der Waals surface area contributed by atoms with Gasteiger partial charge < -0.3 is 15.4 Å². The van der Waals surface area contributed by atoms with Crippen LogP contribution in [0.1, 0.15) is 58.9 Å². The molecule has 3 aromatic rings. The lowest BCUT2D eigenvalue weighted by Crippen LogP contribution is -2.15. The van der Waals surface area contributed by atoms with Crippen LogP contribution in [0.4, 0.5) is 24.5 Å². The summed E-state index contributed by atoms with van der Waals surface area (Å²) >= 11 is 0. The topological polar surface area (TPSA) is 67.4 Å². The zero-order valence-electron chi connectivity index (χ0n) is 19.3. The first-order valence-corrected chi connectivity index (χ1v) is 11.4. The van der Waals surface area contributed by atoms with Crippen molar-refractivity contribution in [3.8, 4) is 5.75 Å². The van der Waals surface area contributed by atoms with Crippen LogP contribution in [-0.2, 0) is 6.18 Å². The Labute approximate surface area is 202 Å². The van der Waals surface area contributed by atoms with Crippen molar-refractivity contribution in [2.45, 2.75) is 38.8 Å². The molecule has 35 heavy (non-hydrogen) atoms. The number of alkyl halides is 3. The number of halogens is 3. The molecule has 0 bridgehead atoms. The van der Waals surface area contributed by atoms with E-state index in [0.29, 0.717) is 23.6 Å². The molecule has 0 saturated carbocycles. The molecule has 2 amide bonds. The van der Waals surface area contributed by atoms with Gasteiger partial charge in [-0.2, -0.15) is 13.2 Å². The second-order valence-corrected chi connectivity index (χ2v) is 8.00. The average Bonchev–Trinajstić information content (AvgIpc) is 2.84. The van der Waals surface area contributed by atoms with Crippen molar-refractivity contribution in [1.82, 2.24) is 0 Å². The molecule has 0 aliphatic rings. The Kier molecular flexibility index (Phi) is 8.89. The van der Waals surface area contributed by atoms with E-state index in [-0.39, 0.29) is 17.2 Å². The number of ether oxygens (including phenoxy) is 1. The molecule has 0 atom stereocenters. The second-order valence-electron chi connectivity index (χ2n) is 8.00. The smallest absolute Gasteiger partial charge is 0.416 e. The van der Waals surface area contributed by atoms with Crippen LogP contribution in [-0.4, -0.2) is 18.4 Å². The predicted molar refractivity (Wildman–Crippen MR) is 130 cm³/mol. The average molecular weight is 485 g/mol. The van der Waals surface area contributed by atoms with Crippen molar-refractivity contribution in [2.75, 3.05) is 17.2 Å². The minimum Gasteiger partial charge on any atom is -0.494 e. The van der Waals surface area contributed by atoms with E-state index in [1.54, 1.807) is 36.4 Å². The monoisotopic (exact) mass is 484 g/mol. The zero-order chi connectivity index (χ0) is 25.3. The molecule has 0 spiro atoms. The molecule has 2 N–H and O–H groups in total. The van der Waals surface area contributed by atoms with E-state index >= 15 is 0 Å². The lowest BCUT2D eigenvalue weighted by atomic mass is 10.1. The maximum Gasteiger partial charge on any atom is 0.416 e. The summed E-state index contributed by atoms with van der Waals surface area (Å²) in [6.45, 7) is 2.78. The summed E-state index contributed by atoms with van der Waals surface area (Å²) in [7, 11) is 0. The third-order valence-corrected chi connectivity index (χ3v) is 5.21. The highest BCUT2D eigenvalue weighted by Gasteiger charge is 2.30. The van der Waals surface area contributed by atoms with Crippen LogP contribution >= 0.6 is 0 Å². The fourth-order valence-corrected chi connectivity index (χ4v) is 3.34. The van der Waals surface area contributed by atoms with Crippen molar-refractivity contribution >= 4 is 23.2 Å². The van der Waals surface area contributed by atoms with Gasteiger partial charge in [0.1, 0.15) is 5.75 Å². The maximum atomic E-state index is 12.9. The number of anilines is 2. The molecule has 184 valence electrons. The highest BCUT2D eigenvalue weighted by molar-refractivity contribution is 6.07. The van der Waals surface area contributed by atoms with Gasteiger partial charge in [0.25, 0.3) is 11.8 Å². The standard InChI is InChI=1S/C27H27F3N2O3/c1-2-3-4-5-16-35-24-14-12-19(13-15-24)25(33)31-22-10-6-8-20(17-22)26(34)32-23-11-7-9-21(18-23)27(28,29)30/h6-15,17-18H,2-5,16H2,1H3,(H,31,33)(H,32,34). The molecule has 0 fully saturated rings. The van der Waals surface area contributed by atoms with E-state index in [1.807, 2.05) is 0 Å². The number of benzene rings is 3. The van der Waals surface area contributed by atoms with Crippen molar-refractivity contribution in [2.24, 2.45) is 0 Å². The van der Waals surface area contributed by atoms with Gasteiger partial charge in [0, 0.05) is 22.5 Å². The van der Waals surface area contributed by atoms with Gasteiger partial charge in [0.15, 0.2) is 0 Å². The van der Waals surface area contributed by atoms with E-state index in [9.17, 15) is 22.8 Å². The fraction of sp³-hybridized carbons (Fsp3) is 0.259. The van der Waals surface area contributed by atoms with E-state index in [0.717, 1.165) is 31.4 Å². The number of unbranched alkanes of at least 4 members (excludes halogenated alkanes) is 3. The number of rotatable bonds is 10. The minimum atomic E-state index is -4.51. The highest BCUT2D eigenvalue weighted by Crippen LogP contribution is 2.30. The molecule has 3 rings (SSSR count). The van der Waals surface area contributed by atoms with Gasteiger partial charge in [-0.15, -0.1) is 0 Å². The summed E-state index contributed by atoms with van der Waals surface area (Å²) in [4.78, 5) is 25.1. The van der Waals surface area contributed by atoms with Gasteiger partial charge in [0.05, 0.1) is 12.2 Å². The second kappa shape index (κ2) is 12.1. The number of carbonyl (C=O) groups excluding carboxylic acids is 2. The number of hydrogen-bond donors (Lipinski definition) is 2. The summed E-state index contributed by atoms with van der Waals surface area (Å²) in [6, 6.07) is 17.3. The maximum absolute atomic E-state index is 12.9. The van der Waals surface area contributed by atoms with Crippen LogP contribution in [0.5, 0.6) is 5.75 Å². The lowest BCUT2D eigenvalue weighted by molar-refractivity contribution is -0.137. The number of hydrogen-bond acceptors (Lipinski definition) is 3. The van der Waals surface area contributed by atoms with Crippen LogP contribution in [0.15, 0.2) is 72.8 Å². The molecule has 0 aliphatic heterocycles. The number of amides is 2. The van der Waals surface area contributed by atoms with Gasteiger partial charge in [-0.1, -0.05) is 38.3 Å². The molecule has 0 aliphatic carbocycles. The Morgan fingerprint density at radius 2 is 1.40 bits per heavy atom. The molecule has 0 heterocycles. The van der Waals surface area contributed by atoms with E-state index in [2.05, 4.69) is 17.6 Å². The van der Waals surface area contributed by atoms with Crippen LogP contribution in [0.3, 0.4) is 0 Å². The summed E-state index contributed by atoms with van der Waals surface area (Å²) in [5.74, 6) is -0.276. The molecular formula is C27H27F3N2O3. The van der Waals surface area contributed by atoms with Gasteiger partial charge in [-0.3, -0.25) is 9.59 Å². The van der Waals surface area contributed by atoms with Gasteiger partial charge >= 0.3 is 6.18 Å². The Hall–Kier alpha value is -3.81. The largest absolute Gasteiger partial charge is 0.494 e. The number of nitrogens with one attached hydrogen (secondary N) is 2.